The number of benzene rings is 2. The van der Waals surface area contributed by atoms with Crippen LogP contribution in [0.5, 0.6) is 0 Å². The summed E-state index contributed by atoms with van der Waals surface area (Å²) >= 11 is 3.39. The number of carbonyl (C=O) groups is 2. The van der Waals surface area contributed by atoms with Crippen LogP contribution in [0, 0.1) is 5.92 Å². The molecule has 1 unspecified atom stereocenters. The Kier molecular flexibility index (Phi) is 5.79. The fourth-order valence-electron chi connectivity index (χ4n) is 3.35. The second-order valence-corrected chi connectivity index (χ2v) is 7.49. The van der Waals surface area contributed by atoms with Crippen molar-refractivity contribution in [3.05, 3.63) is 64.1 Å². The summed E-state index contributed by atoms with van der Waals surface area (Å²) in [5, 5.41) is 0. The number of hydrogen-bond donors (Lipinski definition) is 0. The quantitative estimate of drug-likeness (QED) is 0.639. The summed E-state index contributed by atoms with van der Waals surface area (Å²) in [7, 11) is 1.42. The molecule has 3 rings (SSSR count). The summed E-state index contributed by atoms with van der Waals surface area (Å²) in [6, 6.07) is 12.3. The van der Waals surface area contributed by atoms with Gasteiger partial charge < -0.3 is 9.80 Å². The van der Waals surface area contributed by atoms with Crippen molar-refractivity contribution in [3.63, 3.8) is 0 Å². The first-order chi connectivity index (χ1) is 13.2. The maximum Gasteiger partial charge on any atom is 0.416 e. The highest BCUT2D eigenvalue weighted by Gasteiger charge is 2.40. The Morgan fingerprint density at radius 3 is 2.50 bits per heavy atom. The standard InChI is InChI=1S/C20H18BrF3N2O2/c1-25(12-13-6-2-3-7-15(13)20(22,23)24)18(27)14-10-11-26(19(14)28)17-9-5-4-8-16(17)21/h2-9,14H,10-12H2,1H3. The van der Waals surface area contributed by atoms with Crippen LogP contribution in [-0.2, 0) is 22.3 Å². The van der Waals surface area contributed by atoms with Crippen molar-refractivity contribution in [3.8, 4) is 0 Å². The van der Waals surface area contributed by atoms with Gasteiger partial charge in [-0.1, -0.05) is 30.3 Å². The van der Waals surface area contributed by atoms with Gasteiger partial charge in [-0.3, -0.25) is 9.59 Å². The van der Waals surface area contributed by atoms with E-state index in [1.807, 2.05) is 6.07 Å². The molecule has 1 aliphatic rings. The second-order valence-electron chi connectivity index (χ2n) is 6.63. The Labute approximate surface area is 169 Å². The number of rotatable bonds is 4. The minimum atomic E-state index is -4.50. The molecule has 2 aromatic rings. The molecule has 1 fully saturated rings. The fourth-order valence-corrected chi connectivity index (χ4v) is 3.85. The fraction of sp³-hybridized carbons (Fsp3) is 0.300. The van der Waals surface area contributed by atoms with Crippen LogP contribution < -0.4 is 4.90 Å². The van der Waals surface area contributed by atoms with Gasteiger partial charge in [-0.15, -0.1) is 0 Å². The average Bonchev–Trinajstić information content (AvgIpc) is 3.02. The Balaban J connectivity index is 1.75. The highest BCUT2D eigenvalue weighted by Crippen LogP contribution is 2.34. The van der Waals surface area contributed by atoms with Crippen LogP contribution in [-0.4, -0.2) is 30.3 Å². The molecule has 0 radical (unpaired) electrons. The van der Waals surface area contributed by atoms with Gasteiger partial charge >= 0.3 is 6.18 Å². The zero-order valence-corrected chi connectivity index (χ0v) is 16.6. The Bertz CT molecular complexity index is 901. The highest BCUT2D eigenvalue weighted by atomic mass is 79.9. The van der Waals surface area contributed by atoms with Crippen molar-refractivity contribution in [1.29, 1.82) is 0 Å². The van der Waals surface area contributed by atoms with Gasteiger partial charge in [-0.25, -0.2) is 0 Å². The molecule has 0 saturated carbocycles. The molecular formula is C20H18BrF3N2O2. The van der Waals surface area contributed by atoms with Crippen LogP contribution in [0.25, 0.3) is 0 Å². The predicted octanol–water partition coefficient (Wildman–Crippen LogP) is 4.48. The minimum Gasteiger partial charge on any atom is -0.341 e. The van der Waals surface area contributed by atoms with Gasteiger partial charge in [-0.2, -0.15) is 13.2 Å². The summed E-state index contributed by atoms with van der Waals surface area (Å²) < 4.78 is 40.3. The molecule has 0 spiro atoms. The van der Waals surface area contributed by atoms with Crippen molar-refractivity contribution in [2.75, 3.05) is 18.5 Å². The number of anilines is 1. The summed E-state index contributed by atoms with van der Waals surface area (Å²) in [5.74, 6) is -1.71. The van der Waals surface area contributed by atoms with Crippen molar-refractivity contribution in [1.82, 2.24) is 4.90 Å². The first kappa shape index (κ1) is 20.4. The molecule has 2 amide bonds. The smallest absolute Gasteiger partial charge is 0.341 e. The van der Waals surface area contributed by atoms with Crippen molar-refractivity contribution >= 4 is 33.4 Å². The van der Waals surface area contributed by atoms with Crippen LogP contribution in [0.15, 0.2) is 53.0 Å². The van der Waals surface area contributed by atoms with Gasteiger partial charge in [0.25, 0.3) is 0 Å². The van der Waals surface area contributed by atoms with E-state index < -0.39 is 23.6 Å². The first-order valence-electron chi connectivity index (χ1n) is 8.66. The SMILES string of the molecule is CN(Cc1ccccc1C(F)(F)F)C(=O)C1CCN(c2ccccc2Br)C1=O. The third-order valence-electron chi connectivity index (χ3n) is 4.75. The normalized spacial score (nSPS) is 17.1. The van der Waals surface area contributed by atoms with Gasteiger partial charge in [0.15, 0.2) is 0 Å². The van der Waals surface area contributed by atoms with E-state index in [0.29, 0.717) is 18.7 Å². The number of halogens is 4. The van der Waals surface area contributed by atoms with E-state index in [9.17, 15) is 22.8 Å². The molecule has 8 heteroatoms. The van der Waals surface area contributed by atoms with Gasteiger partial charge in [-0.05, 0) is 46.1 Å². The van der Waals surface area contributed by atoms with Gasteiger partial charge in [0.1, 0.15) is 5.92 Å². The molecular weight excluding hydrogens is 437 g/mol. The summed E-state index contributed by atoms with van der Waals surface area (Å²) in [6.07, 6.45) is -4.18. The van der Waals surface area contributed by atoms with E-state index in [1.54, 1.807) is 18.2 Å². The summed E-state index contributed by atoms with van der Waals surface area (Å²) in [6.45, 7) is 0.165. The van der Waals surface area contributed by atoms with Crippen molar-refractivity contribution < 1.29 is 22.8 Å². The lowest BCUT2D eigenvalue weighted by Crippen LogP contribution is -2.38. The molecule has 1 saturated heterocycles. The lowest BCUT2D eigenvalue weighted by atomic mass is 10.0. The van der Waals surface area contributed by atoms with Crippen LogP contribution in [0.3, 0.4) is 0 Å². The number of para-hydroxylation sites is 1. The van der Waals surface area contributed by atoms with Crippen LogP contribution in [0.2, 0.25) is 0 Å². The molecule has 1 aliphatic heterocycles. The number of nitrogens with zero attached hydrogens (tertiary/aromatic N) is 2. The lowest BCUT2D eigenvalue weighted by Gasteiger charge is -2.23. The van der Waals surface area contributed by atoms with Crippen molar-refractivity contribution in [2.45, 2.75) is 19.1 Å². The second kappa shape index (κ2) is 7.95. The Morgan fingerprint density at radius 1 is 1.18 bits per heavy atom. The van der Waals surface area contributed by atoms with Crippen LogP contribution >= 0.6 is 15.9 Å². The van der Waals surface area contributed by atoms with E-state index in [0.717, 1.165) is 10.5 Å². The Hall–Kier alpha value is -2.35. The minimum absolute atomic E-state index is 0.000967. The van der Waals surface area contributed by atoms with E-state index in [-0.39, 0.29) is 18.0 Å². The monoisotopic (exact) mass is 454 g/mol. The zero-order valence-electron chi connectivity index (χ0n) is 15.0. The lowest BCUT2D eigenvalue weighted by molar-refractivity contribution is -0.142. The molecule has 0 aromatic heterocycles. The Morgan fingerprint density at radius 2 is 1.82 bits per heavy atom. The van der Waals surface area contributed by atoms with E-state index in [4.69, 9.17) is 0 Å². The van der Waals surface area contributed by atoms with Crippen molar-refractivity contribution in [2.24, 2.45) is 5.92 Å². The molecule has 148 valence electrons. The van der Waals surface area contributed by atoms with E-state index in [2.05, 4.69) is 15.9 Å². The van der Waals surface area contributed by atoms with Gasteiger partial charge in [0, 0.05) is 24.6 Å². The number of alkyl halides is 3. The third-order valence-corrected chi connectivity index (χ3v) is 5.42. The molecule has 28 heavy (non-hydrogen) atoms. The largest absolute Gasteiger partial charge is 0.416 e. The first-order valence-corrected chi connectivity index (χ1v) is 9.45. The summed E-state index contributed by atoms with van der Waals surface area (Å²) in [4.78, 5) is 28.3. The summed E-state index contributed by atoms with van der Waals surface area (Å²) in [5.41, 5.74) is -0.103. The van der Waals surface area contributed by atoms with Gasteiger partial charge in [0.05, 0.1) is 11.3 Å². The number of carbonyl (C=O) groups excluding carboxylic acids is 2. The maximum atomic E-state index is 13.2. The maximum absolute atomic E-state index is 13.2. The molecule has 0 aliphatic carbocycles. The van der Waals surface area contributed by atoms with Crippen LogP contribution in [0.4, 0.5) is 18.9 Å². The van der Waals surface area contributed by atoms with Gasteiger partial charge in [0.2, 0.25) is 11.8 Å². The third kappa shape index (κ3) is 4.06. The molecule has 4 nitrogen and oxygen atoms in total. The van der Waals surface area contributed by atoms with E-state index >= 15 is 0 Å². The molecule has 1 heterocycles. The number of amides is 2. The predicted molar refractivity (Wildman–Crippen MR) is 103 cm³/mol. The molecule has 0 N–H and O–H groups in total. The topological polar surface area (TPSA) is 40.6 Å². The average molecular weight is 455 g/mol. The highest BCUT2D eigenvalue weighted by molar-refractivity contribution is 9.10. The number of hydrogen-bond acceptors (Lipinski definition) is 2. The molecule has 0 bridgehead atoms. The van der Waals surface area contributed by atoms with E-state index in [1.165, 1.54) is 35.0 Å². The molecule has 1 atom stereocenters. The van der Waals surface area contributed by atoms with Crippen LogP contribution in [0.1, 0.15) is 17.5 Å². The molecule has 2 aromatic carbocycles. The zero-order chi connectivity index (χ0) is 20.5.